The lowest BCUT2D eigenvalue weighted by Gasteiger charge is -2.05. The highest BCUT2D eigenvalue weighted by Crippen LogP contribution is 2.25. The number of H-pyrrole nitrogens is 1. The van der Waals surface area contributed by atoms with Crippen LogP contribution in [0.15, 0.2) is 23.5 Å². The molecule has 0 unspecified atom stereocenters. The molecule has 2 rings (SSSR count). The fourth-order valence-electron chi connectivity index (χ4n) is 1.87. The molecule has 0 radical (unpaired) electrons. The van der Waals surface area contributed by atoms with Gasteiger partial charge in [-0.05, 0) is 20.0 Å². The maximum atomic E-state index is 12.2. The van der Waals surface area contributed by atoms with Crippen molar-refractivity contribution in [3.05, 3.63) is 34.0 Å². The van der Waals surface area contributed by atoms with Gasteiger partial charge in [-0.25, -0.2) is 18.1 Å². The number of hydrogen-bond donors (Lipinski definition) is 3. The van der Waals surface area contributed by atoms with E-state index in [9.17, 15) is 8.42 Å². The average Bonchev–Trinajstić information content (AvgIpc) is 2.99. The number of aromatic amines is 1. The Hall–Kier alpha value is -1.22. The number of nitrogens with zero attached hydrogens (tertiary/aromatic N) is 1. The van der Waals surface area contributed by atoms with Gasteiger partial charge in [0.15, 0.2) is 0 Å². The van der Waals surface area contributed by atoms with Crippen LogP contribution in [0.5, 0.6) is 0 Å². The summed E-state index contributed by atoms with van der Waals surface area (Å²) in [6, 6.07) is 1.73. The summed E-state index contributed by atoms with van der Waals surface area (Å²) in [5, 5.41) is 3.02. The highest BCUT2D eigenvalue weighted by atomic mass is 32.2. The zero-order chi connectivity index (χ0) is 14.6. The lowest BCUT2D eigenvalue weighted by Crippen LogP contribution is -2.26. The van der Waals surface area contributed by atoms with Crippen molar-refractivity contribution < 1.29 is 8.42 Å². The van der Waals surface area contributed by atoms with Crippen LogP contribution in [-0.4, -0.2) is 32.0 Å². The minimum Gasteiger partial charge on any atom is -0.348 e. The zero-order valence-corrected chi connectivity index (χ0v) is 13.1. The van der Waals surface area contributed by atoms with Gasteiger partial charge in [0.05, 0.1) is 11.2 Å². The Kier molecular flexibility index (Phi) is 4.92. The van der Waals surface area contributed by atoms with E-state index in [0.717, 1.165) is 15.4 Å². The van der Waals surface area contributed by atoms with E-state index >= 15 is 0 Å². The van der Waals surface area contributed by atoms with Gasteiger partial charge in [-0.2, -0.15) is 0 Å². The molecule has 0 aromatic carbocycles. The van der Waals surface area contributed by atoms with Crippen molar-refractivity contribution >= 4 is 21.4 Å². The number of rotatable bonds is 7. The van der Waals surface area contributed by atoms with E-state index in [-0.39, 0.29) is 0 Å². The van der Waals surface area contributed by atoms with Gasteiger partial charge in [0.25, 0.3) is 0 Å². The molecule has 2 heterocycles. The van der Waals surface area contributed by atoms with E-state index in [1.165, 1.54) is 11.3 Å². The monoisotopic (exact) mass is 314 g/mol. The lowest BCUT2D eigenvalue weighted by molar-refractivity contribution is 0.581. The normalized spacial score (nSPS) is 11.9. The summed E-state index contributed by atoms with van der Waals surface area (Å²) in [5.41, 5.74) is 0.908. The first kappa shape index (κ1) is 15.2. The van der Waals surface area contributed by atoms with Crippen LogP contribution in [0.4, 0.5) is 0 Å². The minimum atomic E-state index is -3.44. The summed E-state index contributed by atoms with van der Waals surface area (Å²) < 4.78 is 27.1. The Morgan fingerprint density at radius 2 is 2.25 bits per heavy atom. The molecule has 0 aliphatic heterocycles. The summed E-state index contributed by atoms with van der Waals surface area (Å²) in [4.78, 5) is 9.03. The lowest BCUT2D eigenvalue weighted by atomic mass is 10.3. The third-order valence-electron chi connectivity index (χ3n) is 2.81. The Labute approximate surface area is 122 Å². The van der Waals surface area contributed by atoms with Crippen molar-refractivity contribution in [3.8, 4) is 0 Å². The molecule has 6 nitrogen and oxygen atoms in total. The van der Waals surface area contributed by atoms with Crippen molar-refractivity contribution in [3.63, 3.8) is 0 Å². The van der Waals surface area contributed by atoms with E-state index in [4.69, 9.17) is 0 Å². The molecule has 0 aliphatic carbocycles. The van der Waals surface area contributed by atoms with Crippen LogP contribution in [0.2, 0.25) is 0 Å². The second kappa shape index (κ2) is 6.49. The molecule has 2 aromatic heterocycles. The van der Waals surface area contributed by atoms with Gasteiger partial charge in [0.1, 0.15) is 0 Å². The first-order chi connectivity index (χ1) is 9.53. The topological polar surface area (TPSA) is 86.9 Å². The standard InChI is InChI=1S/C12H18N4O2S2/c1-9-12(5-11(19-9)7-13-2)20(17,18)16-4-3-10-6-14-8-15-10/h5-6,8,13,16H,3-4,7H2,1-2H3,(H,14,15). The molecule has 2 aromatic rings. The molecule has 8 heteroatoms. The molecular weight excluding hydrogens is 296 g/mol. The number of aryl methyl sites for hydroxylation is 1. The van der Waals surface area contributed by atoms with Gasteiger partial charge in [0, 0.05) is 41.2 Å². The fourth-order valence-corrected chi connectivity index (χ4v) is 4.55. The van der Waals surface area contributed by atoms with Crippen LogP contribution in [0, 0.1) is 6.92 Å². The fraction of sp³-hybridized carbons (Fsp3) is 0.417. The van der Waals surface area contributed by atoms with Gasteiger partial charge >= 0.3 is 0 Å². The third-order valence-corrected chi connectivity index (χ3v) is 5.57. The zero-order valence-electron chi connectivity index (χ0n) is 11.4. The Bertz CT molecular complexity index is 647. The predicted octanol–water partition coefficient (Wildman–Crippen LogP) is 1.02. The Morgan fingerprint density at radius 1 is 1.45 bits per heavy atom. The van der Waals surface area contributed by atoms with Crippen LogP contribution < -0.4 is 10.0 Å². The summed E-state index contributed by atoms with van der Waals surface area (Å²) >= 11 is 1.50. The van der Waals surface area contributed by atoms with Gasteiger partial charge in [-0.15, -0.1) is 11.3 Å². The second-order valence-corrected chi connectivity index (χ2v) is 7.46. The van der Waals surface area contributed by atoms with E-state index in [0.29, 0.717) is 24.4 Å². The third kappa shape index (κ3) is 3.66. The van der Waals surface area contributed by atoms with Crippen molar-refractivity contribution in [2.45, 2.75) is 24.8 Å². The van der Waals surface area contributed by atoms with Crippen LogP contribution in [0.25, 0.3) is 0 Å². The van der Waals surface area contributed by atoms with Crippen LogP contribution >= 0.6 is 11.3 Å². The van der Waals surface area contributed by atoms with Crippen molar-refractivity contribution in [2.75, 3.05) is 13.6 Å². The number of sulfonamides is 1. The van der Waals surface area contributed by atoms with Crippen molar-refractivity contribution in [2.24, 2.45) is 0 Å². The highest BCUT2D eigenvalue weighted by Gasteiger charge is 2.19. The van der Waals surface area contributed by atoms with Gasteiger partial charge in [0.2, 0.25) is 10.0 Å². The summed E-state index contributed by atoms with van der Waals surface area (Å²) in [5.74, 6) is 0. The molecule has 0 saturated heterocycles. The van der Waals surface area contributed by atoms with Crippen molar-refractivity contribution in [1.82, 2.24) is 20.0 Å². The second-order valence-electron chi connectivity index (χ2n) is 4.39. The number of aromatic nitrogens is 2. The van der Waals surface area contributed by atoms with Crippen LogP contribution in [0.3, 0.4) is 0 Å². The summed E-state index contributed by atoms with van der Waals surface area (Å²) in [6.45, 7) is 2.85. The molecule has 20 heavy (non-hydrogen) atoms. The SMILES string of the molecule is CNCc1cc(S(=O)(=O)NCCc2cnc[nH]2)c(C)s1. The molecule has 0 spiro atoms. The Balaban J connectivity index is 2.02. The molecule has 0 atom stereocenters. The van der Waals surface area contributed by atoms with E-state index in [1.54, 1.807) is 18.6 Å². The molecule has 0 aliphatic rings. The largest absolute Gasteiger partial charge is 0.348 e. The van der Waals surface area contributed by atoms with E-state index in [1.807, 2.05) is 14.0 Å². The summed E-state index contributed by atoms with van der Waals surface area (Å²) in [7, 11) is -1.60. The number of nitrogens with one attached hydrogen (secondary N) is 3. The van der Waals surface area contributed by atoms with Gasteiger partial charge in [-0.1, -0.05) is 0 Å². The summed E-state index contributed by atoms with van der Waals surface area (Å²) in [6.07, 6.45) is 3.86. The van der Waals surface area contributed by atoms with Gasteiger partial charge in [-0.3, -0.25) is 0 Å². The molecule has 110 valence electrons. The first-order valence-electron chi connectivity index (χ1n) is 6.24. The molecule has 0 amide bonds. The Morgan fingerprint density at radius 3 is 2.90 bits per heavy atom. The average molecular weight is 314 g/mol. The highest BCUT2D eigenvalue weighted by molar-refractivity contribution is 7.89. The molecule has 3 N–H and O–H groups in total. The van der Waals surface area contributed by atoms with Gasteiger partial charge < -0.3 is 10.3 Å². The molecule has 0 bridgehead atoms. The van der Waals surface area contributed by atoms with E-state index < -0.39 is 10.0 Å². The van der Waals surface area contributed by atoms with Crippen LogP contribution in [-0.2, 0) is 23.0 Å². The quantitative estimate of drug-likeness (QED) is 0.712. The van der Waals surface area contributed by atoms with Crippen LogP contribution in [0.1, 0.15) is 15.4 Å². The maximum Gasteiger partial charge on any atom is 0.241 e. The number of thiophene rings is 1. The van der Waals surface area contributed by atoms with Crippen molar-refractivity contribution in [1.29, 1.82) is 0 Å². The smallest absolute Gasteiger partial charge is 0.241 e. The maximum absolute atomic E-state index is 12.2. The number of hydrogen-bond acceptors (Lipinski definition) is 5. The molecular formula is C12H18N4O2S2. The predicted molar refractivity (Wildman–Crippen MR) is 79.3 cm³/mol. The molecule has 0 fully saturated rings. The number of imidazole rings is 1. The van der Waals surface area contributed by atoms with E-state index in [2.05, 4.69) is 20.0 Å². The molecule has 0 saturated carbocycles. The minimum absolute atomic E-state index is 0.348. The first-order valence-corrected chi connectivity index (χ1v) is 8.53.